The van der Waals surface area contributed by atoms with Gasteiger partial charge in [0.1, 0.15) is 6.04 Å². The van der Waals surface area contributed by atoms with Crippen molar-refractivity contribution < 1.29 is 14.7 Å². The van der Waals surface area contributed by atoms with Crippen LogP contribution in [-0.2, 0) is 4.79 Å². The Morgan fingerprint density at radius 2 is 2.24 bits per heavy atom. The molecule has 0 spiro atoms. The van der Waals surface area contributed by atoms with Crippen LogP contribution in [0.25, 0.3) is 0 Å². The van der Waals surface area contributed by atoms with Crippen LogP contribution >= 0.6 is 11.8 Å². The van der Waals surface area contributed by atoms with E-state index in [2.05, 4.69) is 12.2 Å². The number of carboxylic acid groups (broad SMARTS) is 1. The smallest absolute Gasteiger partial charge is 0.327 e. The Labute approximate surface area is 106 Å². The number of aliphatic carboxylic acids is 1. The van der Waals surface area contributed by atoms with E-state index in [1.807, 2.05) is 0 Å². The number of carbonyl (C=O) groups is 2. The molecule has 1 saturated heterocycles. The number of thioether (sulfide) groups is 1. The molecule has 98 valence electrons. The van der Waals surface area contributed by atoms with Crippen molar-refractivity contribution in [3.8, 4) is 0 Å². The topological polar surface area (TPSA) is 69.6 Å². The zero-order valence-corrected chi connectivity index (χ0v) is 11.0. The number of hydrogen-bond acceptors (Lipinski definition) is 3. The van der Waals surface area contributed by atoms with Gasteiger partial charge in [-0.3, -0.25) is 0 Å². The highest BCUT2D eigenvalue weighted by atomic mass is 32.2. The Bertz CT molecular complexity index is 273. The third-order valence-electron chi connectivity index (χ3n) is 2.73. The third kappa shape index (κ3) is 4.46. The van der Waals surface area contributed by atoms with E-state index in [0.29, 0.717) is 18.8 Å². The number of nitrogens with one attached hydrogen (secondary N) is 1. The molecule has 1 aliphatic rings. The van der Waals surface area contributed by atoms with Crippen LogP contribution in [0.1, 0.15) is 26.2 Å². The number of nitrogens with zero attached hydrogens (tertiary/aromatic N) is 1. The predicted molar refractivity (Wildman–Crippen MR) is 68.4 cm³/mol. The number of hydrogen-bond donors (Lipinski definition) is 2. The number of rotatable bonds is 5. The molecule has 0 aromatic carbocycles. The van der Waals surface area contributed by atoms with Crippen molar-refractivity contribution in [1.29, 1.82) is 0 Å². The van der Waals surface area contributed by atoms with Gasteiger partial charge in [0.2, 0.25) is 0 Å². The van der Waals surface area contributed by atoms with Crippen LogP contribution in [0.2, 0.25) is 0 Å². The number of urea groups is 1. The van der Waals surface area contributed by atoms with E-state index in [1.54, 1.807) is 11.8 Å². The summed E-state index contributed by atoms with van der Waals surface area (Å²) in [6, 6.07) is -0.922. The Hall–Kier alpha value is -0.910. The van der Waals surface area contributed by atoms with Crippen molar-refractivity contribution in [2.75, 3.05) is 24.6 Å². The Morgan fingerprint density at radius 3 is 2.88 bits per heavy atom. The summed E-state index contributed by atoms with van der Waals surface area (Å²) in [6.45, 7) is 3.24. The maximum atomic E-state index is 11.8. The Balaban J connectivity index is 2.39. The fourth-order valence-corrected chi connectivity index (χ4v) is 2.76. The van der Waals surface area contributed by atoms with Crippen molar-refractivity contribution in [1.82, 2.24) is 10.2 Å². The molecule has 1 atom stereocenters. The third-order valence-corrected chi connectivity index (χ3v) is 3.75. The van der Waals surface area contributed by atoms with E-state index in [9.17, 15) is 9.59 Å². The van der Waals surface area contributed by atoms with Crippen molar-refractivity contribution in [2.45, 2.75) is 32.2 Å². The molecule has 0 aliphatic carbocycles. The molecule has 0 saturated carbocycles. The summed E-state index contributed by atoms with van der Waals surface area (Å²) < 4.78 is 0. The minimum absolute atomic E-state index is 0.242. The van der Waals surface area contributed by atoms with Gasteiger partial charge in [-0.25, -0.2) is 9.59 Å². The van der Waals surface area contributed by atoms with Gasteiger partial charge in [-0.1, -0.05) is 19.8 Å². The quantitative estimate of drug-likeness (QED) is 0.733. The van der Waals surface area contributed by atoms with Crippen molar-refractivity contribution in [3.05, 3.63) is 0 Å². The van der Waals surface area contributed by atoms with Crippen LogP contribution in [0, 0.1) is 0 Å². The first kappa shape index (κ1) is 14.2. The van der Waals surface area contributed by atoms with Crippen LogP contribution in [0.5, 0.6) is 0 Å². The summed E-state index contributed by atoms with van der Waals surface area (Å²) in [5, 5.41) is 11.8. The van der Waals surface area contributed by atoms with Crippen molar-refractivity contribution >= 4 is 23.8 Å². The van der Waals surface area contributed by atoms with Crippen molar-refractivity contribution in [3.63, 3.8) is 0 Å². The average Bonchev–Trinajstić information content (AvgIpc) is 2.34. The van der Waals surface area contributed by atoms with Gasteiger partial charge < -0.3 is 15.3 Å². The second-order valence-electron chi connectivity index (χ2n) is 4.06. The summed E-state index contributed by atoms with van der Waals surface area (Å²) in [6.07, 6.45) is 3.13. The first-order valence-corrected chi connectivity index (χ1v) is 7.17. The van der Waals surface area contributed by atoms with Crippen LogP contribution in [0.15, 0.2) is 0 Å². The molecule has 6 heteroatoms. The standard InChI is InChI=1S/C11H20N2O3S/c1-2-3-4-5-12-11(16)13-6-7-17-8-9(13)10(14)15/h9H,2-8H2,1H3,(H,12,16)(H,14,15). The molecule has 0 aromatic heterocycles. The first-order valence-electron chi connectivity index (χ1n) is 6.01. The highest BCUT2D eigenvalue weighted by Crippen LogP contribution is 2.16. The summed E-state index contributed by atoms with van der Waals surface area (Å²) in [7, 11) is 0. The van der Waals surface area contributed by atoms with Crippen LogP contribution < -0.4 is 5.32 Å². The first-order chi connectivity index (χ1) is 8.16. The lowest BCUT2D eigenvalue weighted by atomic mass is 10.2. The minimum Gasteiger partial charge on any atom is -0.480 e. The largest absolute Gasteiger partial charge is 0.480 e. The van der Waals surface area contributed by atoms with Gasteiger partial charge in [-0.05, 0) is 6.42 Å². The van der Waals surface area contributed by atoms with Gasteiger partial charge in [-0.2, -0.15) is 11.8 Å². The van der Waals surface area contributed by atoms with E-state index in [4.69, 9.17) is 5.11 Å². The van der Waals surface area contributed by atoms with Gasteiger partial charge in [0.15, 0.2) is 0 Å². The van der Waals surface area contributed by atoms with Gasteiger partial charge in [0.25, 0.3) is 0 Å². The predicted octanol–water partition coefficient (Wildman–Crippen LogP) is 1.39. The summed E-state index contributed by atoms with van der Waals surface area (Å²) in [5.74, 6) is 0.380. The number of carboxylic acids is 1. The molecule has 1 rings (SSSR count). The van der Waals surface area contributed by atoms with E-state index in [0.717, 1.165) is 25.0 Å². The zero-order valence-electron chi connectivity index (χ0n) is 10.1. The summed E-state index contributed by atoms with van der Waals surface area (Å²) in [5.41, 5.74) is 0. The second-order valence-corrected chi connectivity index (χ2v) is 5.21. The van der Waals surface area contributed by atoms with E-state index < -0.39 is 12.0 Å². The van der Waals surface area contributed by atoms with Gasteiger partial charge in [0.05, 0.1) is 0 Å². The summed E-state index contributed by atoms with van der Waals surface area (Å²) >= 11 is 1.58. The molecule has 0 aromatic rings. The molecule has 0 radical (unpaired) electrons. The van der Waals surface area contributed by atoms with Gasteiger partial charge >= 0.3 is 12.0 Å². The lowest BCUT2D eigenvalue weighted by Gasteiger charge is -2.32. The SMILES string of the molecule is CCCCCNC(=O)N1CCSCC1C(=O)O. The van der Waals surface area contributed by atoms with Gasteiger partial charge in [-0.15, -0.1) is 0 Å². The van der Waals surface area contributed by atoms with Gasteiger partial charge in [0, 0.05) is 24.6 Å². The number of amides is 2. The fraction of sp³-hybridized carbons (Fsp3) is 0.818. The number of carbonyl (C=O) groups excluding carboxylic acids is 1. The highest BCUT2D eigenvalue weighted by Gasteiger charge is 2.31. The molecule has 5 nitrogen and oxygen atoms in total. The van der Waals surface area contributed by atoms with Crippen LogP contribution in [0.4, 0.5) is 4.79 Å². The minimum atomic E-state index is -0.916. The normalized spacial score (nSPS) is 20.1. The second kappa shape index (κ2) is 7.42. The summed E-state index contributed by atoms with van der Waals surface area (Å²) in [4.78, 5) is 24.3. The molecule has 2 N–H and O–H groups in total. The zero-order chi connectivity index (χ0) is 12.7. The van der Waals surface area contributed by atoms with Crippen molar-refractivity contribution in [2.24, 2.45) is 0 Å². The molecule has 0 bridgehead atoms. The molecule has 1 heterocycles. The molecule has 1 aliphatic heterocycles. The van der Waals surface area contributed by atoms with E-state index >= 15 is 0 Å². The molecular formula is C11H20N2O3S. The van der Waals surface area contributed by atoms with Crippen LogP contribution in [0.3, 0.4) is 0 Å². The molecule has 17 heavy (non-hydrogen) atoms. The molecular weight excluding hydrogens is 240 g/mol. The van der Waals surface area contributed by atoms with E-state index in [-0.39, 0.29) is 6.03 Å². The maximum Gasteiger partial charge on any atom is 0.327 e. The van der Waals surface area contributed by atoms with E-state index in [1.165, 1.54) is 4.90 Å². The Kier molecular flexibility index (Phi) is 6.18. The van der Waals surface area contributed by atoms with Crippen LogP contribution in [-0.4, -0.2) is 52.6 Å². The molecule has 1 fully saturated rings. The monoisotopic (exact) mass is 260 g/mol. The molecule has 2 amide bonds. The number of unbranched alkanes of at least 4 members (excludes halogenated alkanes) is 2. The fourth-order valence-electron chi connectivity index (χ4n) is 1.72. The average molecular weight is 260 g/mol. The molecule has 1 unspecified atom stereocenters. The lowest BCUT2D eigenvalue weighted by molar-refractivity contribution is -0.141. The lowest BCUT2D eigenvalue weighted by Crippen LogP contribution is -2.53. The highest BCUT2D eigenvalue weighted by molar-refractivity contribution is 7.99. The Morgan fingerprint density at radius 1 is 1.47 bits per heavy atom. The maximum absolute atomic E-state index is 11.8.